The molecule has 1 aliphatic heterocycles. The highest BCUT2D eigenvalue weighted by molar-refractivity contribution is 5.78. The first-order chi connectivity index (χ1) is 11.1. The SMILES string of the molecule is CN(C)C(=O)Cc1ccc(NC[C@H]2Cc3ccccc3O2)cc1. The molecule has 0 aromatic heterocycles. The van der Waals surface area contributed by atoms with E-state index in [1.165, 1.54) is 5.56 Å². The number of benzene rings is 2. The number of fused-ring (bicyclic) bond motifs is 1. The van der Waals surface area contributed by atoms with Gasteiger partial charge in [0.1, 0.15) is 11.9 Å². The molecule has 2 aromatic rings. The molecular formula is C19H22N2O2. The van der Waals surface area contributed by atoms with Crippen molar-refractivity contribution < 1.29 is 9.53 Å². The van der Waals surface area contributed by atoms with Crippen molar-refractivity contribution in [3.63, 3.8) is 0 Å². The molecule has 0 unspecified atom stereocenters. The molecule has 0 fully saturated rings. The Bertz CT molecular complexity index is 655. The molecule has 0 bridgehead atoms. The molecule has 120 valence electrons. The van der Waals surface area contributed by atoms with Gasteiger partial charge < -0.3 is 15.0 Å². The lowest BCUT2D eigenvalue weighted by Gasteiger charge is -2.14. The van der Waals surface area contributed by atoms with Crippen molar-refractivity contribution in [1.82, 2.24) is 4.90 Å². The van der Waals surface area contributed by atoms with Gasteiger partial charge in [0.05, 0.1) is 13.0 Å². The molecule has 23 heavy (non-hydrogen) atoms. The van der Waals surface area contributed by atoms with Crippen LogP contribution in [0.5, 0.6) is 5.75 Å². The Hall–Kier alpha value is -2.49. The van der Waals surface area contributed by atoms with Crippen LogP contribution in [-0.4, -0.2) is 37.6 Å². The van der Waals surface area contributed by atoms with Crippen LogP contribution in [0.1, 0.15) is 11.1 Å². The Labute approximate surface area is 137 Å². The first-order valence-electron chi connectivity index (χ1n) is 7.89. The normalized spacial score (nSPS) is 15.7. The standard InChI is InChI=1S/C19H22N2O2/c1-21(2)19(22)11-14-7-9-16(10-8-14)20-13-17-12-15-5-3-4-6-18(15)23-17/h3-10,17,20H,11-13H2,1-2H3/t17-/m1/s1. The number of amides is 1. The van der Waals surface area contributed by atoms with Gasteiger partial charge in [0.25, 0.3) is 0 Å². The molecule has 4 nitrogen and oxygen atoms in total. The molecule has 0 saturated heterocycles. The van der Waals surface area contributed by atoms with Crippen molar-refractivity contribution in [1.29, 1.82) is 0 Å². The summed E-state index contributed by atoms with van der Waals surface area (Å²) >= 11 is 0. The second-order valence-electron chi connectivity index (χ2n) is 6.09. The predicted octanol–water partition coefficient (Wildman–Crippen LogP) is 2.73. The van der Waals surface area contributed by atoms with Gasteiger partial charge in [0.15, 0.2) is 0 Å². The van der Waals surface area contributed by atoms with Gasteiger partial charge in [0.2, 0.25) is 5.91 Å². The number of nitrogens with zero attached hydrogens (tertiary/aromatic N) is 1. The predicted molar refractivity (Wildman–Crippen MR) is 91.9 cm³/mol. The fourth-order valence-corrected chi connectivity index (χ4v) is 2.67. The van der Waals surface area contributed by atoms with E-state index < -0.39 is 0 Å². The summed E-state index contributed by atoms with van der Waals surface area (Å²) in [4.78, 5) is 13.3. The highest BCUT2D eigenvalue weighted by Crippen LogP contribution is 2.28. The number of likely N-dealkylation sites (N-methyl/N-ethyl adjacent to an activating group) is 1. The van der Waals surface area contributed by atoms with Crippen LogP contribution < -0.4 is 10.1 Å². The quantitative estimate of drug-likeness (QED) is 0.923. The molecule has 1 aliphatic rings. The fraction of sp³-hybridized carbons (Fsp3) is 0.316. The fourth-order valence-electron chi connectivity index (χ4n) is 2.67. The van der Waals surface area contributed by atoms with Crippen molar-refractivity contribution >= 4 is 11.6 Å². The number of nitrogens with one attached hydrogen (secondary N) is 1. The number of carbonyl (C=O) groups is 1. The zero-order valence-corrected chi connectivity index (χ0v) is 13.6. The van der Waals surface area contributed by atoms with Gasteiger partial charge in [-0.3, -0.25) is 4.79 Å². The van der Waals surface area contributed by atoms with E-state index in [2.05, 4.69) is 11.4 Å². The van der Waals surface area contributed by atoms with Gasteiger partial charge in [-0.05, 0) is 29.3 Å². The van der Waals surface area contributed by atoms with Crippen LogP contribution in [0.2, 0.25) is 0 Å². The number of carbonyl (C=O) groups excluding carboxylic acids is 1. The third-order valence-electron chi connectivity index (χ3n) is 4.06. The molecule has 3 rings (SSSR count). The van der Waals surface area contributed by atoms with Crippen LogP contribution in [0.25, 0.3) is 0 Å². The Morgan fingerprint density at radius 3 is 2.61 bits per heavy atom. The van der Waals surface area contributed by atoms with Gasteiger partial charge in [-0.15, -0.1) is 0 Å². The third kappa shape index (κ3) is 3.83. The van der Waals surface area contributed by atoms with E-state index in [1.54, 1.807) is 19.0 Å². The maximum atomic E-state index is 11.7. The largest absolute Gasteiger partial charge is 0.488 e. The highest BCUT2D eigenvalue weighted by Gasteiger charge is 2.21. The third-order valence-corrected chi connectivity index (χ3v) is 4.06. The molecular weight excluding hydrogens is 288 g/mol. The summed E-state index contributed by atoms with van der Waals surface area (Å²) in [5, 5.41) is 3.40. The number of hydrogen-bond acceptors (Lipinski definition) is 3. The lowest BCUT2D eigenvalue weighted by Crippen LogP contribution is -2.24. The molecule has 1 amide bonds. The van der Waals surface area contributed by atoms with Crippen molar-refractivity contribution in [2.45, 2.75) is 18.9 Å². The smallest absolute Gasteiger partial charge is 0.226 e. The van der Waals surface area contributed by atoms with E-state index >= 15 is 0 Å². The van der Waals surface area contributed by atoms with E-state index in [9.17, 15) is 4.79 Å². The van der Waals surface area contributed by atoms with Crippen LogP contribution in [0.15, 0.2) is 48.5 Å². The number of rotatable bonds is 5. The lowest BCUT2D eigenvalue weighted by molar-refractivity contribution is -0.127. The monoisotopic (exact) mass is 310 g/mol. The molecule has 4 heteroatoms. The topological polar surface area (TPSA) is 41.6 Å². The Kier molecular flexibility index (Phi) is 4.51. The summed E-state index contributed by atoms with van der Waals surface area (Å²) in [6, 6.07) is 16.2. The van der Waals surface area contributed by atoms with Crippen molar-refractivity contribution in [2.75, 3.05) is 26.0 Å². The Morgan fingerprint density at radius 2 is 1.91 bits per heavy atom. The second kappa shape index (κ2) is 6.73. The van der Waals surface area contributed by atoms with Gasteiger partial charge in [-0.1, -0.05) is 30.3 Å². The minimum Gasteiger partial charge on any atom is -0.488 e. The Morgan fingerprint density at radius 1 is 1.17 bits per heavy atom. The second-order valence-corrected chi connectivity index (χ2v) is 6.09. The number of para-hydroxylation sites is 1. The van der Waals surface area contributed by atoms with Crippen LogP contribution >= 0.6 is 0 Å². The Balaban J connectivity index is 1.51. The zero-order chi connectivity index (χ0) is 16.2. The summed E-state index contributed by atoms with van der Waals surface area (Å²) < 4.78 is 5.92. The number of ether oxygens (including phenoxy) is 1. The van der Waals surface area contributed by atoms with E-state index in [1.807, 2.05) is 42.5 Å². The van der Waals surface area contributed by atoms with Crippen molar-refractivity contribution in [2.24, 2.45) is 0 Å². The average Bonchev–Trinajstić information content (AvgIpc) is 2.97. The van der Waals surface area contributed by atoms with E-state index in [0.717, 1.165) is 30.0 Å². The lowest BCUT2D eigenvalue weighted by atomic mass is 10.1. The van der Waals surface area contributed by atoms with Gasteiger partial charge >= 0.3 is 0 Å². The van der Waals surface area contributed by atoms with Crippen molar-refractivity contribution in [3.8, 4) is 5.75 Å². The molecule has 1 N–H and O–H groups in total. The highest BCUT2D eigenvalue weighted by atomic mass is 16.5. The molecule has 2 aromatic carbocycles. The maximum absolute atomic E-state index is 11.7. The summed E-state index contributed by atoms with van der Waals surface area (Å²) in [5.41, 5.74) is 3.35. The molecule has 1 atom stereocenters. The summed E-state index contributed by atoms with van der Waals surface area (Å²) in [6.07, 6.45) is 1.55. The minimum absolute atomic E-state index is 0.114. The summed E-state index contributed by atoms with van der Waals surface area (Å²) in [6.45, 7) is 0.769. The zero-order valence-electron chi connectivity index (χ0n) is 13.6. The average molecular weight is 310 g/mol. The molecule has 1 heterocycles. The first kappa shape index (κ1) is 15.4. The summed E-state index contributed by atoms with van der Waals surface area (Å²) in [5.74, 6) is 1.11. The number of hydrogen-bond donors (Lipinski definition) is 1. The van der Waals surface area contributed by atoms with E-state index in [4.69, 9.17) is 4.74 Å². The van der Waals surface area contributed by atoms with Crippen LogP contribution in [0, 0.1) is 0 Å². The molecule has 0 spiro atoms. The molecule has 0 aliphatic carbocycles. The number of anilines is 1. The van der Waals surface area contributed by atoms with Gasteiger partial charge in [-0.2, -0.15) is 0 Å². The molecule has 0 radical (unpaired) electrons. The van der Waals surface area contributed by atoms with Crippen LogP contribution in [0.3, 0.4) is 0 Å². The first-order valence-corrected chi connectivity index (χ1v) is 7.89. The van der Waals surface area contributed by atoms with Crippen molar-refractivity contribution in [3.05, 3.63) is 59.7 Å². The maximum Gasteiger partial charge on any atom is 0.226 e. The molecule has 0 saturated carbocycles. The van der Waals surface area contributed by atoms with Gasteiger partial charge in [-0.25, -0.2) is 0 Å². The van der Waals surface area contributed by atoms with E-state index in [-0.39, 0.29) is 12.0 Å². The van der Waals surface area contributed by atoms with Gasteiger partial charge in [0, 0.05) is 26.2 Å². The van der Waals surface area contributed by atoms with E-state index in [0.29, 0.717) is 6.42 Å². The summed E-state index contributed by atoms with van der Waals surface area (Å²) in [7, 11) is 3.55. The van der Waals surface area contributed by atoms with Crippen LogP contribution in [0.4, 0.5) is 5.69 Å². The minimum atomic E-state index is 0.114. The van der Waals surface area contributed by atoms with Crippen LogP contribution in [-0.2, 0) is 17.6 Å².